The van der Waals surface area contributed by atoms with E-state index in [1.54, 1.807) is 26.8 Å². The second kappa shape index (κ2) is 8.60. The topological polar surface area (TPSA) is 65.9 Å². The number of benzene rings is 1. The van der Waals surface area contributed by atoms with E-state index in [1.165, 1.54) is 6.07 Å². The third kappa shape index (κ3) is 5.85. The number of imide groups is 1. The van der Waals surface area contributed by atoms with Crippen molar-refractivity contribution in [2.24, 2.45) is 0 Å². The van der Waals surface area contributed by atoms with Crippen molar-refractivity contribution >= 4 is 17.6 Å². The first-order valence-electron chi connectivity index (χ1n) is 8.96. The van der Waals surface area contributed by atoms with Crippen LogP contribution in [0, 0.1) is 0 Å². The minimum absolute atomic E-state index is 0.0727. The van der Waals surface area contributed by atoms with Gasteiger partial charge in [0.25, 0.3) is 5.91 Å². The Hall–Kier alpha value is -2.29. The van der Waals surface area contributed by atoms with Crippen LogP contribution >= 0.6 is 0 Å². The van der Waals surface area contributed by atoms with E-state index in [1.807, 2.05) is 4.90 Å². The predicted molar refractivity (Wildman–Crippen MR) is 95.6 cm³/mol. The molecule has 1 saturated heterocycles. The lowest BCUT2D eigenvalue weighted by Gasteiger charge is -2.36. The number of alkyl halides is 3. The van der Waals surface area contributed by atoms with Crippen LogP contribution in [0.2, 0.25) is 0 Å². The molecule has 1 aliphatic rings. The number of carbonyl (C=O) groups is 2. The van der Waals surface area contributed by atoms with Crippen LogP contribution in [0.25, 0.3) is 0 Å². The molecule has 1 fully saturated rings. The molecule has 2 rings (SSSR count). The summed E-state index contributed by atoms with van der Waals surface area (Å²) >= 11 is 0. The van der Waals surface area contributed by atoms with Crippen LogP contribution in [-0.2, 0) is 11.0 Å². The Morgan fingerprint density at radius 2 is 1.78 bits per heavy atom. The zero-order valence-electron chi connectivity index (χ0n) is 15.7. The first-order chi connectivity index (χ1) is 12.6. The number of rotatable bonds is 4. The molecule has 27 heavy (non-hydrogen) atoms. The molecule has 0 aliphatic carbocycles. The van der Waals surface area contributed by atoms with Gasteiger partial charge < -0.3 is 15.1 Å². The molecule has 6 nitrogen and oxygen atoms in total. The molecule has 3 N–H and O–H groups in total. The molecular formula is C18H26F3N4O2+. The second-order valence-corrected chi connectivity index (χ2v) is 7.03. The van der Waals surface area contributed by atoms with E-state index in [9.17, 15) is 22.8 Å². The number of quaternary nitrogens is 1. The van der Waals surface area contributed by atoms with Gasteiger partial charge in [-0.15, -0.1) is 0 Å². The summed E-state index contributed by atoms with van der Waals surface area (Å²) < 4.78 is 38.6. The summed E-state index contributed by atoms with van der Waals surface area (Å²) in [5.74, 6) is -0.365. The lowest BCUT2D eigenvalue weighted by atomic mass is 10.1. The Kier molecular flexibility index (Phi) is 6.69. The maximum Gasteiger partial charge on any atom is 0.416 e. The highest BCUT2D eigenvalue weighted by atomic mass is 19.4. The molecule has 9 heteroatoms. The quantitative estimate of drug-likeness (QED) is 0.723. The Labute approximate surface area is 156 Å². The molecule has 1 atom stereocenters. The molecule has 1 aliphatic heterocycles. The lowest BCUT2D eigenvalue weighted by molar-refractivity contribution is -0.914. The molecule has 0 spiro atoms. The van der Waals surface area contributed by atoms with Gasteiger partial charge in [-0.25, -0.2) is 4.79 Å². The third-order valence-corrected chi connectivity index (χ3v) is 4.61. The van der Waals surface area contributed by atoms with Crippen LogP contribution in [0.1, 0.15) is 26.3 Å². The number of amides is 3. The molecule has 0 saturated carbocycles. The van der Waals surface area contributed by atoms with Crippen molar-refractivity contribution in [2.75, 3.05) is 31.1 Å². The Morgan fingerprint density at radius 1 is 1.15 bits per heavy atom. The fraction of sp³-hybridized carbons (Fsp3) is 0.556. The molecule has 3 amide bonds. The van der Waals surface area contributed by atoms with E-state index in [-0.39, 0.29) is 11.9 Å². The van der Waals surface area contributed by atoms with Crippen molar-refractivity contribution in [1.82, 2.24) is 10.6 Å². The Bertz CT molecular complexity index is 671. The van der Waals surface area contributed by atoms with Gasteiger partial charge in [-0.05, 0) is 39.0 Å². The predicted octanol–water partition coefficient (Wildman–Crippen LogP) is 1.03. The number of halogens is 3. The van der Waals surface area contributed by atoms with Crippen LogP contribution in [0.4, 0.5) is 23.7 Å². The summed E-state index contributed by atoms with van der Waals surface area (Å²) in [6.07, 6.45) is -4.37. The van der Waals surface area contributed by atoms with Gasteiger partial charge >= 0.3 is 12.2 Å². The van der Waals surface area contributed by atoms with Crippen molar-refractivity contribution < 1.29 is 27.7 Å². The normalized spacial score (nSPS) is 16.9. The number of hydrogen-bond acceptors (Lipinski definition) is 3. The van der Waals surface area contributed by atoms with Crippen LogP contribution in [0.5, 0.6) is 0 Å². The van der Waals surface area contributed by atoms with Gasteiger partial charge in [-0.2, -0.15) is 13.2 Å². The molecule has 0 aromatic heterocycles. The molecule has 1 aromatic carbocycles. The maximum atomic E-state index is 12.9. The van der Waals surface area contributed by atoms with Gasteiger partial charge in [0.2, 0.25) is 0 Å². The van der Waals surface area contributed by atoms with Gasteiger partial charge in [0.05, 0.1) is 31.7 Å². The SMILES string of the molecule is CC(C)NC(=O)NC(=O)[C@H](C)[NH+]1CCN(c2cccc(C(F)(F)F)c2)CC1. The average molecular weight is 387 g/mol. The summed E-state index contributed by atoms with van der Waals surface area (Å²) in [6, 6.07) is 4.25. The summed E-state index contributed by atoms with van der Waals surface area (Å²) in [6.45, 7) is 7.59. The van der Waals surface area contributed by atoms with E-state index in [0.29, 0.717) is 31.9 Å². The fourth-order valence-electron chi connectivity index (χ4n) is 3.07. The minimum Gasteiger partial charge on any atom is -0.360 e. The van der Waals surface area contributed by atoms with Gasteiger partial charge in [-0.3, -0.25) is 10.1 Å². The van der Waals surface area contributed by atoms with Crippen LogP contribution in [0.15, 0.2) is 24.3 Å². The van der Waals surface area contributed by atoms with Crippen molar-refractivity contribution in [1.29, 1.82) is 0 Å². The van der Waals surface area contributed by atoms with E-state index in [4.69, 9.17) is 0 Å². The van der Waals surface area contributed by atoms with Gasteiger partial charge in [0.15, 0.2) is 6.04 Å². The maximum absolute atomic E-state index is 12.9. The van der Waals surface area contributed by atoms with Gasteiger partial charge in [0.1, 0.15) is 0 Å². The summed E-state index contributed by atoms with van der Waals surface area (Å²) in [4.78, 5) is 26.7. The molecular weight excluding hydrogens is 361 g/mol. The number of nitrogens with one attached hydrogen (secondary N) is 3. The smallest absolute Gasteiger partial charge is 0.360 e. The zero-order chi connectivity index (χ0) is 20.2. The molecule has 0 unspecified atom stereocenters. The monoisotopic (exact) mass is 387 g/mol. The zero-order valence-corrected chi connectivity index (χ0v) is 15.7. The van der Waals surface area contributed by atoms with Crippen LogP contribution < -0.4 is 20.4 Å². The first-order valence-corrected chi connectivity index (χ1v) is 8.96. The van der Waals surface area contributed by atoms with Crippen molar-refractivity contribution in [3.63, 3.8) is 0 Å². The lowest BCUT2D eigenvalue weighted by Crippen LogP contribution is -3.19. The highest BCUT2D eigenvalue weighted by Gasteiger charge is 2.33. The van der Waals surface area contributed by atoms with Gasteiger partial charge in [0, 0.05) is 11.7 Å². The molecule has 150 valence electrons. The van der Waals surface area contributed by atoms with E-state index < -0.39 is 23.8 Å². The van der Waals surface area contributed by atoms with Crippen molar-refractivity contribution in [3.8, 4) is 0 Å². The van der Waals surface area contributed by atoms with Gasteiger partial charge in [-0.1, -0.05) is 6.07 Å². The third-order valence-electron chi connectivity index (χ3n) is 4.61. The Balaban J connectivity index is 1.91. The number of anilines is 1. The van der Waals surface area contributed by atoms with Crippen molar-refractivity contribution in [2.45, 2.75) is 39.0 Å². The minimum atomic E-state index is -4.37. The molecule has 1 aromatic rings. The number of hydrogen-bond donors (Lipinski definition) is 3. The molecule has 0 radical (unpaired) electrons. The van der Waals surface area contributed by atoms with Crippen LogP contribution in [-0.4, -0.2) is 50.2 Å². The number of urea groups is 1. The summed E-state index contributed by atoms with van der Waals surface area (Å²) in [5, 5.41) is 4.92. The second-order valence-electron chi connectivity index (χ2n) is 7.03. The van der Waals surface area contributed by atoms with Crippen molar-refractivity contribution in [3.05, 3.63) is 29.8 Å². The van der Waals surface area contributed by atoms with Crippen LogP contribution in [0.3, 0.4) is 0 Å². The molecule has 0 bridgehead atoms. The van der Waals surface area contributed by atoms with E-state index in [2.05, 4.69) is 10.6 Å². The largest absolute Gasteiger partial charge is 0.416 e. The van der Waals surface area contributed by atoms with E-state index >= 15 is 0 Å². The first kappa shape index (κ1) is 21.0. The highest BCUT2D eigenvalue weighted by molar-refractivity contribution is 5.96. The van der Waals surface area contributed by atoms with E-state index in [0.717, 1.165) is 17.0 Å². The fourth-order valence-corrected chi connectivity index (χ4v) is 3.07. The Morgan fingerprint density at radius 3 is 2.33 bits per heavy atom. The summed E-state index contributed by atoms with van der Waals surface area (Å²) in [5.41, 5.74) is -0.143. The number of piperazine rings is 1. The highest BCUT2D eigenvalue weighted by Crippen LogP contribution is 2.31. The molecule has 1 heterocycles. The number of nitrogens with zero attached hydrogens (tertiary/aromatic N) is 1. The average Bonchev–Trinajstić information content (AvgIpc) is 2.60. The standard InChI is InChI=1S/C18H25F3N4O2/c1-12(2)22-17(27)23-16(26)13(3)24-7-9-25(10-8-24)15-6-4-5-14(11-15)18(19,20)21/h4-6,11-13H,7-10H2,1-3H3,(H2,22,23,26,27)/p+1/t13-/m0/s1. The summed E-state index contributed by atoms with van der Waals surface area (Å²) in [7, 11) is 0. The number of carbonyl (C=O) groups excluding carboxylic acids is 2.